The van der Waals surface area contributed by atoms with E-state index >= 15 is 0 Å². The Labute approximate surface area is 239 Å². The van der Waals surface area contributed by atoms with Gasteiger partial charge < -0.3 is 24.8 Å². The van der Waals surface area contributed by atoms with Crippen LogP contribution in [-0.2, 0) is 34.5 Å². The van der Waals surface area contributed by atoms with Crippen LogP contribution in [0.25, 0.3) is 0 Å². The monoisotopic (exact) mass is 560 g/mol. The second-order valence-corrected chi connectivity index (χ2v) is 13.0. The highest BCUT2D eigenvalue weighted by atomic mass is 19.1. The molecule has 1 aliphatic carbocycles. The summed E-state index contributed by atoms with van der Waals surface area (Å²) in [6, 6.07) is 6.60. The average Bonchev–Trinajstić information content (AvgIpc) is 3.67. The molecule has 4 saturated heterocycles. The lowest BCUT2D eigenvalue weighted by Crippen LogP contribution is -2.61. The third-order valence-electron chi connectivity index (χ3n) is 10.9. The Hall–Kier alpha value is -3.00. The van der Waals surface area contributed by atoms with Gasteiger partial charge in [-0.05, 0) is 63.1 Å². The van der Waals surface area contributed by atoms with Crippen molar-refractivity contribution in [2.24, 2.45) is 0 Å². The van der Waals surface area contributed by atoms with Crippen LogP contribution in [0.1, 0.15) is 72.9 Å². The number of hydrogen-bond acceptors (Lipinski definition) is 9. The Kier molecular flexibility index (Phi) is 5.80. The van der Waals surface area contributed by atoms with E-state index in [0.717, 1.165) is 92.8 Å². The van der Waals surface area contributed by atoms with Crippen LogP contribution in [0, 0.1) is 11.3 Å². The summed E-state index contributed by atoms with van der Waals surface area (Å²) in [6.07, 6.45) is 6.92. The number of fused-ring (bicyclic) bond motifs is 4. The molecule has 2 aromatic rings. The Morgan fingerprint density at radius 2 is 2.10 bits per heavy atom. The van der Waals surface area contributed by atoms with Crippen molar-refractivity contribution in [3.05, 3.63) is 40.1 Å². The number of alkyl halides is 1. The molecule has 4 unspecified atom stereocenters. The molecule has 2 N–H and O–H groups in total. The first-order chi connectivity index (χ1) is 19.9. The van der Waals surface area contributed by atoms with E-state index < -0.39 is 11.8 Å². The number of rotatable bonds is 4. The van der Waals surface area contributed by atoms with Crippen LogP contribution in [0.3, 0.4) is 0 Å². The molecular weight excluding hydrogens is 523 g/mol. The average molecular weight is 561 g/mol. The van der Waals surface area contributed by atoms with Crippen molar-refractivity contribution in [2.75, 3.05) is 50.1 Å². The van der Waals surface area contributed by atoms with Crippen molar-refractivity contribution in [2.45, 2.75) is 87.2 Å². The van der Waals surface area contributed by atoms with Crippen LogP contribution in [-0.4, -0.2) is 71.6 Å². The molecule has 6 aliphatic rings. The minimum Gasteiger partial charge on any atom is -0.461 e. The number of aryl methyl sites for hydroxylation is 1. The van der Waals surface area contributed by atoms with Gasteiger partial charge >= 0.3 is 6.01 Å². The zero-order valence-electron chi connectivity index (χ0n) is 23.5. The van der Waals surface area contributed by atoms with Crippen molar-refractivity contribution in [3.63, 3.8) is 0 Å². The topological polar surface area (TPSA) is 110 Å². The molecule has 5 aliphatic heterocycles. The molecule has 1 aromatic heterocycles. The maximum absolute atomic E-state index is 14.5. The molecule has 2 spiro atoms. The smallest absolute Gasteiger partial charge is 0.318 e. The SMILES string of the molecule is N#Cc1c(N)ccc2c1C1(CCC2)Cc2nc(OCC34CCCN3CC(F)C4)nc(N3CCC34CCOC4)c2CO1. The number of halogens is 1. The summed E-state index contributed by atoms with van der Waals surface area (Å²) in [5, 5.41) is 10.1. The van der Waals surface area contributed by atoms with Crippen molar-refractivity contribution in [3.8, 4) is 12.1 Å². The summed E-state index contributed by atoms with van der Waals surface area (Å²) in [5.41, 5.74) is 10.3. The van der Waals surface area contributed by atoms with E-state index in [1.807, 2.05) is 12.1 Å². The van der Waals surface area contributed by atoms with Gasteiger partial charge in [0.2, 0.25) is 0 Å². The summed E-state index contributed by atoms with van der Waals surface area (Å²) in [6.45, 7) is 4.50. The lowest BCUT2D eigenvalue weighted by molar-refractivity contribution is -0.0858. The molecule has 0 saturated carbocycles. The number of benzene rings is 1. The number of nitriles is 1. The highest BCUT2D eigenvalue weighted by molar-refractivity contribution is 5.64. The molecular formula is C31H37FN6O3. The fraction of sp³-hybridized carbons (Fsp3) is 0.645. The Balaban J connectivity index is 1.19. The van der Waals surface area contributed by atoms with Gasteiger partial charge in [-0.3, -0.25) is 4.90 Å². The molecule has 8 rings (SSSR count). The van der Waals surface area contributed by atoms with E-state index in [1.54, 1.807) is 0 Å². The van der Waals surface area contributed by atoms with Gasteiger partial charge in [0.15, 0.2) is 0 Å². The predicted octanol–water partition coefficient (Wildman–Crippen LogP) is 3.56. The van der Waals surface area contributed by atoms with Crippen LogP contribution < -0.4 is 15.4 Å². The molecule has 1 aromatic carbocycles. The molecule has 0 amide bonds. The number of hydrogen-bond donors (Lipinski definition) is 1. The molecule has 4 atom stereocenters. The van der Waals surface area contributed by atoms with Crippen LogP contribution in [0.4, 0.5) is 15.9 Å². The molecule has 0 radical (unpaired) electrons. The zero-order valence-corrected chi connectivity index (χ0v) is 23.5. The summed E-state index contributed by atoms with van der Waals surface area (Å²) in [4.78, 5) is 14.7. The van der Waals surface area contributed by atoms with Gasteiger partial charge in [0.05, 0.1) is 35.5 Å². The van der Waals surface area contributed by atoms with E-state index in [1.165, 1.54) is 0 Å². The summed E-state index contributed by atoms with van der Waals surface area (Å²) < 4.78 is 33.5. The number of nitrogen functional groups attached to an aromatic ring is 1. The van der Waals surface area contributed by atoms with E-state index in [0.29, 0.717) is 56.5 Å². The lowest BCUT2D eigenvalue weighted by atomic mass is 9.72. The molecule has 216 valence electrons. The van der Waals surface area contributed by atoms with Gasteiger partial charge in [-0.25, -0.2) is 4.39 Å². The fourth-order valence-electron chi connectivity index (χ4n) is 8.65. The van der Waals surface area contributed by atoms with Crippen molar-refractivity contribution in [1.82, 2.24) is 14.9 Å². The fourth-order valence-corrected chi connectivity index (χ4v) is 8.65. The number of nitrogens with two attached hydrogens (primary N) is 1. The van der Waals surface area contributed by atoms with Gasteiger partial charge in [0, 0.05) is 49.4 Å². The third kappa shape index (κ3) is 3.81. The highest BCUT2D eigenvalue weighted by Gasteiger charge is 2.52. The van der Waals surface area contributed by atoms with Gasteiger partial charge in [-0.2, -0.15) is 15.2 Å². The van der Waals surface area contributed by atoms with Crippen LogP contribution in [0.5, 0.6) is 6.01 Å². The standard InChI is InChI=1S/C31H37FN6O3/c32-21-13-30(6-2-10-37(30)16-21)19-40-28-35-25-14-31(7-1-3-20-4-5-24(34)22(15-33)26(20)31)41-17-23(25)27(36-28)38-11-8-29(38)9-12-39-18-29/h4-5,21H,1-3,6-14,16-19,34H2. The van der Waals surface area contributed by atoms with E-state index in [-0.39, 0.29) is 11.1 Å². The van der Waals surface area contributed by atoms with Crippen molar-refractivity contribution in [1.29, 1.82) is 5.26 Å². The number of nitrogens with zero attached hydrogens (tertiary/aromatic N) is 5. The Morgan fingerprint density at radius 3 is 2.90 bits per heavy atom. The molecule has 10 heteroatoms. The van der Waals surface area contributed by atoms with Crippen LogP contribution in [0.2, 0.25) is 0 Å². The molecule has 41 heavy (non-hydrogen) atoms. The summed E-state index contributed by atoms with van der Waals surface area (Å²) >= 11 is 0. The highest BCUT2D eigenvalue weighted by Crippen LogP contribution is 2.50. The maximum Gasteiger partial charge on any atom is 0.318 e. The van der Waals surface area contributed by atoms with Gasteiger partial charge in [-0.15, -0.1) is 0 Å². The first-order valence-electron chi connectivity index (χ1n) is 15.2. The molecule has 0 bridgehead atoms. The summed E-state index contributed by atoms with van der Waals surface area (Å²) in [5.74, 6) is 0.872. The molecule has 4 fully saturated rings. The lowest BCUT2D eigenvalue weighted by Gasteiger charge is -2.52. The van der Waals surface area contributed by atoms with Gasteiger partial charge in [0.1, 0.15) is 30.3 Å². The minimum atomic E-state index is -0.813. The Morgan fingerprint density at radius 1 is 1.17 bits per heavy atom. The first-order valence-corrected chi connectivity index (χ1v) is 15.2. The van der Waals surface area contributed by atoms with Crippen LogP contribution >= 0.6 is 0 Å². The number of aromatic nitrogens is 2. The predicted molar refractivity (Wildman–Crippen MR) is 149 cm³/mol. The first kappa shape index (κ1) is 25.7. The van der Waals surface area contributed by atoms with Crippen LogP contribution in [0.15, 0.2) is 12.1 Å². The zero-order chi connectivity index (χ0) is 27.8. The van der Waals surface area contributed by atoms with E-state index in [9.17, 15) is 9.65 Å². The Bertz CT molecular complexity index is 1440. The molecule has 6 heterocycles. The van der Waals surface area contributed by atoms with Gasteiger partial charge in [0.25, 0.3) is 0 Å². The second-order valence-electron chi connectivity index (χ2n) is 13.0. The van der Waals surface area contributed by atoms with Crippen molar-refractivity contribution >= 4 is 11.5 Å². The van der Waals surface area contributed by atoms with Crippen molar-refractivity contribution < 1.29 is 18.6 Å². The maximum atomic E-state index is 14.5. The van der Waals surface area contributed by atoms with Gasteiger partial charge in [-0.1, -0.05) is 6.07 Å². The number of anilines is 2. The quantitative estimate of drug-likeness (QED) is 0.562. The minimum absolute atomic E-state index is 0.0394. The molecule has 9 nitrogen and oxygen atoms in total. The third-order valence-corrected chi connectivity index (χ3v) is 10.9. The normalized spacial score (nSPS) is 33.9. The number of ether oxygens (including phenoxy) is 3. The van der Waals surface area contributed by atoms with E-state index in [2.05, 4.69) is 15.9 Å². The van der Waals surface area contributed by atoms with E-state index in [4.69, 9.17) is 29.9 Å². The largest absolute Gasteiger partial charge is 0.461 e. The summed E-state index contributed by atoms with van der Waals surface area (Å²) in [7, 11) is 0. The second kappa shape index (κ2) is 9.25.